The van der Waals surface area contributed by atoms with Gasteiger partial charge in [-0.25, -0.2) is 8.91 Å². The number of hydrogen-bond donors (Lipinski definition) is 1. The van der Waals surface area contributed by atoms with Crippen LogP contribution in [0.3, 0.4) is 0 Å². The fourth-order valence-electron chi connectivity index (χ4n) is 4.04. The number of para-hydroxylation sites is 2. The maximum Gasteiger partial charge on any atom is 0.277 e. The number of benzene rings is 2. The topological polar surface area (TPSA) is 95.8 Å². The minimum absolute atomic E-state index is 0.00708. The molecule has 3 heterocycles. The molecule has 1 saturated heterocycles. The van der Waals surface area contributed by atoms with Gasteiger partial charge < -0.3 is 19.5 Å². The molecule has 0 spiro atoms. The molecule has 1 aliphatic rings. The highest BCUT2D eigenvalue weighted by Crippen LogP contribution is 2.28. The van der Waals surface area contributed by atoms with Crippen LogP contribution < -0.4 is 15.2 Å². The zero-order valence-electron chi connectivity index (χ0n) is 17.9. The van der Waals surface area contributed by atoms with Crippen molar-refractivity contribution in [3.05, 3.63) is 76.6 Å². The predicted molar refractivity (Wildman–Crippen MR) is 120 cm³/mol. The van der Waals surface area contributed by atoms with Crippen molar-refractivity contribution >= 4 is 17.1 Å². The molecular formula is C23H21FN6O3. The average Bonchev–Trinajstić information content (AvgIpc) is 3.29. The lowest BCUT2D eigenvalue weighted by Gasteiger charge is -2.36. The number of nitrogens with zero attached hydrogens (tertiary/aromatic N) is 5. The fraction of sp³-hybridized carbons (Fsp3) is 0.217. The van der Waals surface area contributed by atoms with Crippen LogP contribution in [0.2, 0.25) is 0 Å². The number of carbonyl (C=O) groups excluding carboxylic acids is 1. The summed E-state index contributed by atoms with van der Waals surface area (Å²) < 4.78 is 19.9. The lowest BCUT2D eigenvalue weighted by atomic mass is 10.1. The van der Waals surface area contributed by atoms with Gasteiger partial charge in [0.1, 0.15) is 11.6 Å². The number of aromatic amines is 1. The van der Waals surface area contributed by atoms with Crippen LogP contribution in [-0.2, 0) is 0 Å². The average molecular weight is 448 g/mol. The molecule has 168 valence electrons. The van der Waals surface area contributed by atoms with Gasteiger partial charge in [-0.05, 0) is 42.0 Å². The Kier molecular flexibility index (Phi) is 5.25. The first-order chi connectivity index (χ1) is 16.0. The monoisotopic (exact) mass is 448 g/mol. The highest BCUT2D eigenvalue weighted by molar-refractivity contribution is 5.98. The molecule has 10 heteroatoms. The largest absolute Gasteiger partial charge is 0.495 e. The standard InChI is InChI=1S/C23H21FN6O3/c1-33-19-5-3-2-4-18(19)28-10-12-29(13-11-28)23(32)20-21-22(31)25-17(14-30(21)27-26-20)15-6-8-16(24)9-7-15/h2-9,14H,10-13H2,1H3,(H,25,31). The number of amides is 1. The second-order valence-corrected chi connectivity index (χ2v) is 7.69. The molecule has 4 aromatic rings. The molecule has 0 radical (unpaired) electrons. The molecule has 33 heavy (non-hydrogen) atoms. The highest BCUT2D eigenvalue weighted by Gasteiger charge is 2.28. The second kappa shape index (κ2) is 8.38. The number of H-pyrrole nitrogens is 1. The molecule has 2 aromatic heterocycles. The van der Waals surface area contributed by atoms with E-state index in [0.29, 0.717) is 37.4 Å². The van der Waals surface area contributed by atoms with Gasteiger partial charge in [0.05, 0.1) is 24.7 Å². The number of aromatic nitrogens is 4. The minimum Gasteiger partial charge on any atom is -0.495 e. The number of carbonyl (C=O) groups is 1. The molecule has 0 unspecified atom stereocenters. The lowest BCUT2D eigenvalue weighted by molar-refractivity contribution is 0.0742. The summed E-state index contributed by atoms with van der Waals surface area (Å²) in [7, 11) is 1.63. The van der Waals surface area contributed by atoms with Crippen LogP contribution in [0.25, 0.3) is 16.8 Å². The van der Waals surface area contributed by atoms with E-state index in [-0.39, 0.29) is 22.9 Å². The summed E-state index contributed by atoms with van der Waals surface area (Å²) in [6.07, 6.45) is 1.56. The molecule has 0 bridgehead atoms. The Morgan fingerprint density at radius 3 is 2.52 bits per heavy atom. The maximum atomic E-state index is 13.2. The van der Waals surface area contributed by atoms with Crippen molar-refractivity contribution in [2.45, 2.75) is 0 Å². The van der Waals surface area contributed by atoms with Crippen molar-refractivity contribution < 1.29 is 13.9 Å². The third-order valence-corrected chi connectivity index (χ3v) is 5.76. The Morgan fingerprint density at radius 1 is 1.06 bits per heavy atom. The molecule has 9 nitrogen and oxygen atoms in total. The fourth-order valence-corrected chi connectivity index (χ4v) is 4.04. The molecule has 0 saturated carbocycles. The zero-order chi connectivity index (χ0) is 22.9. The molecule has 0 aliphatic carbocycles. The SMILES string of the molecule is COc1ccccc1N1CCN(C(=O)c2nnn3cc(-c4ccc(F)cc4)[nH]c(=O)c23)CC1. The highest BCUT2D eigenvalue weighted by atomic mass is 19.1. The van der Waals surface area contributed by atoms with E-state index in [1.165, 1.54) is 16.6 Å². The van der Waals surface area contributed by atoms with Gasteiger partial charge in [0.15, 0.2) is 11.2 Å². The summed E-state index contributed by atoms with van der Waals surface area (Å²) in [5, 5.41) is 7.98. The Morgan fingerprint density at radius 2 is 1.79 bits per heavy atom. The van der Waals surface area contributed by atoms with Crippen molar-refractivity contribution in [3.63, 3.8) is 0 Å². The van der Waals surface area contributed by atoms with Gasteiger partial charge in [0, 0.05) is 26.2 Å². The van der Waals surface area contributed by atoms with E-state index in [0.717, 1.165) is 11.4 Å². The summed E-state index contributed by atoms with van der Waals surface area (Å²) in [6.45, 7) is 2.19. The van der Waals surface area contributed by atoms with E-state index < -0.39 is 5.56 Å². The number of rotatable bonds is 4. The van der Waals surface area contributed by atoms with Crippen LogP contribution in [-0.4, -0.2) is 63.9 Å². The summed E-state index contributed by atoms with van der Waals surface area (Å²) in [4.78, 5) is 32.5. The first-order valence-corrected chi connectivity index (χ1v) is 10.5. The normalized spacial score (nSPS) is 14.0. The summed E-state index contributed by atoms with van der Waals surface area (Å²) in [5.41, 5.74) is 1.64. The number of anilines is 1. The van der Waals surface area contributed by atoms with Crippen LogP contribution >= 0.6 is 0 Å². The van der Waals surface area contributed by atoms with Gasteiger partial charge in [-0.15, -0.1) is 5.10 Å². The van der Waals surface area contributed by atoms with Crippen LogP contribution in [0.15, 0.2) is 59.5 Å². The van der Waals surface area contributed by atoms with Crippen molar-refractivity contribution in [2.24, 2.45) is 0 Å². The van der Waals surface area contributed by atoms with Gasteiger partial charge in [0.25, 0.3) is 11.5 Å². The van der Waals surface area contributed by atoms with Crippen molar-refractivity contribution in [2.75, 3.05) is 38.2 Å². The first kappa shape index (κ1) is 20.7. The Labute approximate surface area is 188 Å². The maximum absolute atomic E-state index is 13.2. The number of hydrogen-bond acceptors (Lipinski definition) is 6. The van der Waals surface area contributed by atoms with Gasteiger partial charge in [0.2, 0.25) is 0 Å². The number of nitrogens with one attached hydrogen (secondary N) is 1. The van der Waals surface area contributed by atoms with Crippen LogP contribution in [0.5, 0.6) is 5.75 Å². The lowest BCUT2D eigenvalue weighted by Crippen LogP contribution is -2.49. The third-order valence-electron chi connectivity index (χ3n) is 5.76. The molecule has 1 fully saturated rings. The summed E-state index contributed by atoms with van der Waals surface area (Å²) >= 11 is 0. The third kappa shape index (κ3) is 3.79. The van der Waals surface area contributed by atoms with Crippen LogP contribution in [0.4, 0.5) is 10.1 Å². The number of fused-ring (bicyclic) bond motifs is 1. The smallest absolute Gasteiger partial charge is 0.277 e. The van der Waals surface area contributed by atoms with E-state index >= 15 is 0 Å². The van der Waals surface area contributed by atoms with Crippen LogP contribution in [0.1, 0.15) is 10.5 Å². The van der Waals surface area contributed by atoms with Crippen molar-refractivity contribution in [3.8, 4) is 17.0 Å². The molecular weight excluding hydrogens is 427 g/mol. The minimum atomic E-state index is -0.488. The number of ether oxygens (including phenoxy) is 1. The quantitative estimate of drug-likeness (QED) is 0.514. The van der Waals surface area contributed by atoms with Crippen LogP contribution in [0, 0.1) is 5.82 Å². The van der Waals surface area contributed by atoms with Crippen molar-refractivity contribution in [1.82, 2.24) is 24.7 Å². The van der Waals surface area contributed by atoms with Gasteiger partial charge in [-0.1, -0.05) is 17.3 Å². The Hall–Kier alpha value is -4.21. The number of piperazine rings is 1. The van der Waals surface area contributed by atoms with E-state index in [1.54, 1.807) is 30.3 Å². The molecule has 1 N–H and O–H groups in total. The zero-order valence-corrected chi connectivity index (χ0v) is 17.9. The summed E-state index contributed by atoms with van der Waals surface area (Å²) in [5.74, 6) is 0.0661. The molecule has 1 aliphatic heterocycles. The number of methoxy groups -OCH3 is 1. The molecule has 5 rings (SSSR count). The molecule has 1 amide bonds. The van der Waals surface area contributed by atoms with Gasteiger partial charge in [-0.2, -0.15) is 0 Å². The van der Waals surface area contributed by atoms with Gasteiger partial charge in [-0.3, -0.25) is 9.59 Å². The number of halogens is 1. The van der Waals surface area contributed by atoms with E-state index in [2.05, 4.69) is 20.2 Å². The summed E-state index contributed by atoms with van der Waals surface area (Å²) in [6, 6.07) is 13.5. The van der Waals surface area contributed by atoms with E-state index in [4.69, 9.17) is 4.74 Å². The van der Waals surface area contributed by atoms with E-state index in [1.807, 2.05) is 24.3 Å². The van der Waals surface area contributed by atoms with E-state index in [9.17, 15) is 14.0 Å². The van der Waals surface area contributed by atoms with Gasteiger partial charge >= 0.3 is 0 Å². The second-order valence-electron chi connectivity index (χ2n) is 7.69. The Balaban J connectivity index is 1.37. The molecule has 0 atom stereocenters. The first-order valence-electron chi connectivity index (χ1n) is 10.5. The van der Waals surface area contributed by atoms with Crippen molar-refractivity contribution in [1.29, 1.82) is 0 Å². The predicted octanol–water partition coefficient (Wildman–Crippen LogP) is 2.19. The Bertz CT molecular complexity index is 1370. The molecule has 2 aromatic carbocycles.